The molecule has 108 valence electrons. The third kappa shape index (κ3) is 5.22. The maximum absolute atomic E-state index is 6.13. The zero-order chi connectivity index (χ0) is 13.4. The van der Waals surface area contributed by atoms with Crippen LogP contribution in [0, 0.1) is 5.92 Å². The summed E-state index contributed by atoms with van der Waals surface area (Å²) in [6, 6.07) is 0.870. The summed E-state index contributed by atoms with van der Waals surface area (Å²) in [4.78, 5) is 2.46. The van der Waals surface area contributed by atoms with Gasteiger partial charge in [-0.1, -0.05) is 6.42 Å². The van der Waals surface area contributed by atoms with Gasteiger partial charge in [-0.2, -0.15) is 0 Å². The topological polar surface area (TPSA) is 47.7 Å². The van der Waals surface area contributed by atoms with Crippen LogP contribution >= 0.6 is 0 Å². The lowest BCUT2D eigenvalue weighted by molar-refractivity contribution is 0.0711. The molecular weight excluding hydrogens is 228 g/mol. The van der Waals surface area contributed by atoms with Gasteiger partial charge in [-0.05, 0) is 38.6 Å². The molecule has 0 aromatic rings. The highest BCUT2D eigenvalue weighted by atomic mass is 16.5. The lowest BCUT2D eigenvalue weighted by Gasteiger charge is -2.30. The van der Waals surface area contributed by atoms with Gasteiger partial charge in [0.15, 0.2) is 0 Å². The number of methoxy groups -OCH3 is 2. The highest BCUT2D eigenvalue weighted by Gasteiger charge is 2.24. The lowest BCUT2D eigenvalue weighted by Crippen LogP contribution is -2.40. The molecule has 3 atom stereocenters. The molecule has 1 rings (SSSR count). The van der Waals surface area contributed by atoms with Crippen molar-refractivity contribution in [2.45, 2.75) is 44.7 Å². The zero-order valence-electron chi connectivity index (χ0n) is 12.2. The van der Waals surface area contributed by atoms with Gasteiger partial charge < -0.3 is 15.2 Å². The van der Waals surface area contributed by atoms with Crippen molar-refractivity contribution in [3.63, 3.8) is 0 Å². The van der Waals surface area contributed by atoms with Gasteiger partial charge in [0, 0.05) is 32.8 Å². The number of hydrogen-bond acceptors (Lipinski definition) is 4. The maximum Gasteiger partial charge on any atom is 0.0615 e. The molecule has 1 aliphatic rings. The quantitative estimate of drug-likeness (QED) is 0.680. The number of nitrogens with two attached hydrogens (primary N) is 1. The van der Waals surface area contributed by atoms with Gasteiger partial charge >= 0.3 is 0 Å². The van der Waals surface area contributed by atoms with Gasteiger partial charge in [0.1, 0.15) is 0 Å². The minimum Gasteiger partial charge on any atom is -0.383 e. The minimum absolute atomic E-state index is 0.423. The van der Waals surface area contributed by atoms with Crippen LogP contribution in [0.1, 0.15) is 32.6 Å². The Hall–Kier alpha value is -0.160. The van der Waals surface area contributed by atoms with E-state index in [2.05, 4.69) is 11.8 Å². The van der Waals surface area contributed by atoms with Crippen LogP contribution in [0.25, 0.3) is 0 Å². The summed E-state index contributed by atoms with van der Waals surface area (Å²) >= 11 is 0. The average molecular weight is 258 g/mol. The van der Waals surface area contributed by atoms with Crippen LogP contribution in [0.4, 0.5) is 0 Å². The molecule has 0 amide bonds. The smallest absolute Gasteiger partial charge is 0.0615 e. The first-order valence-corrected chi connectivity index (χ1v) is 7.16. The molecule has 0 spiro atoms. The van der Waals surface area contributed by atoms with E-state index in [1.807, 2.05) is 0 Å². The first-order valence-electron chi connectivity index (χ1n) is 7.16. The predicted octanol–water partition coefficient (Wildman–Crippen LogP) is 1.49. The third-order valence-electron chi connectivity index (χ3n) is 4.12. The molecule has 4 nitrogen and oxygen atoms in total. The van der Waals surface area contributed by atoms with E-state index in [4.69, 9.17) is 15.2 Å². The standard InChI is InChI=1S/C14H30N2O2/c1-12(11-18-3)16(9-10-17-2)8-7-13-5-4-6-14(13)15/h12-14H,4-11,15H2,1-3H3. The zero-order valence-corrected chi connectivity index (χ0v) is 12.2. The molecule has 18 heavy (non-hydrogen) atoms. The van der Waals surface area contributed by atoms with Crippen LogP contribution < -0.4 is 5.73 Å². The molecule has 4 heteroatoms. The first kappa shape index (κ1) is 15.9. The fourth-order valence-electron chi connectivity index (χ4n) is 2.86. The predicted molar refractivity (Wildman–Crippen MR) is 74.7 cm³/mol. The van der Waals surface area contributed by atoms with Gasteiger partial charge in [0.05, 0.1) is 13.2 Å². The summed E-state index contributed by atoms with van der Waals surface area (Å²) in [5.74, 6) is 0.713. The number of ether oxygens (including phenoxy) is 2. The fraction of sp³-hybridized carbons (Fsp3) is 1.00. The van der Waals surface area contributed by atoms with Crippen LogP contribution in [0.3, 0.4) is 0 Å². The summed E-state index contributed by atoms with van der Waals surface area (Å²) in [6.45, 7) is 5.86. The maximum atomic E-state index is 6.13. The summed E-state index contributed by atoms with van der Waals surface area (Å²) in [7, 11) is 3.52. The van der Waals surface area contributed by atoms with Crippen molar-refractivity contribution in [1.29, 1.82) is 0 Å². The van der Waals surface area contributed by atoms with E-state index in [0.717, 1.165) is 26.3 Å². The number of nitrogens with zero attached hydrogens (tertiary/aromatic N) is 1. The van der Waals surface area contributed by atoms with E-state index in [0.29, 0.717) is 18.0 Å². The van der Waals surface area contributed by atoms with Crippen molar-refractivity contribution in [3.8, 4) is 0 Å². The highest BCUT2D eigenvalue weighted by molar-refractivity contribution is 4.81. The largest absolute Gasteiger partial charge is 0.383 e. The van der Waals surface area contributed by atoms with E-state index in [-0.39, 0.29) is 0 Å². The van der Waals surface area contributed by atoms with Gasteiger partial charge in [-0.25, -0.2) is 0 Å². The van der Waals surface area contributed by atoms with Crippen LogP contribution in [-0.4, -0.2) is 57.5 Å². The van der Waals surface area contributed by atoms with Crippen LogP contribution in [0.2, 0.25) is 0 Å². The molecule has 2 N–H and O–H groups in total. The normalized spacial score (nSPS) is 25.8. The molecule has 0 bridgehead atoms. The second-order valence-corrected chi connectivity index (χ2v) is 5.48. The fourth-order valence-corrected chi connectivity index (χ4v) is 2.86. The Morgan fingerprint density at radius 3 is 2.56 bits per heavy atom. The Morgan fingerprint density at radius 1 is 1.22 bits per heavy atom. The molecule has 0 saturated heterocycles. The second-order valence-electron chi connectivity index (χ2n) is 5.48. The molecule has 0 heterocycles. The van der Waals surface area contributed by atoms with E-state index in [1.54, 1.807) is 14.2 Å². The van der Waals surface area contributed by atoms with E-state index in [9.17, 15) is 0 Å². The van der Waals surface area contributed by atoms with Crippen molar-refractivity contribution < 1.29 is 9.47 Å². The Balaban J connectivity index is 2.34. The van der Waals surface area contributed by atoms with Gasteiger partial charge in [0.25, 0.3) is 0 Å². The summed E-state index contributed by atoms with van der Waals surface area (Å²) in [5, 5.41) is 0. The average Bonchev–Trinajstić information content (AvgIpc) is 2.75. The van der Waals surface area contributed by atoms with Crippen molar-refractivity contribution in [1.82, 2.24) is 4.90 Å². The molecule has 1 aliphatic carbocycles. The van der Waals surface area contributed by atoms with E-state index in [1.165, 1.54) is 25.7 Å². The van der Waals surface area contributed by atoms with Gasteiger partial charge in [0.2, 0.25) is 0 Å². The number of hydrogen-bond donors (Lipinski definition) is 1. The molecule has 1 fully saturated rings. The van der Waals surface area contributed by atoms with Crippen molar-refractivity contribution in [2.75, 3.05) is 40.5 Å². The summed E-state index contributed by atoms with van der Waals surface area (Å²) < 4.78 is 10.4. The third-order valence-corrected chi connectivity index (χ3v) is 4.12. The second kappa shape index (κ2) is 8.86. The minimum atomic E-state index is 0.423. The Bertz CT molecular complexity index is 214. The molecule has 0 aliphatic heterocycles. The summed E-state index contributed by atoms with van der Waals surface area (Å²) in [6.07, 6.45) is 5.02. The monoisotopic (exact) mass is 258 g/mol. The van der Waals surface area contributed by atoms with Crippen LogP contribution in [0.15, 0.2) is 0 Å². The van der Waals surface area contributed by atoms with Gasteiger partial charge in [-0.15, -0.1) is 0 Å². The molecular formula is C14H30N2O2. The lowest BCUT2D eigenvalue weighted by atomic mass is 10.00. The molecule has 0 aromatic carbocycles. The Labute approximate surface area is 112 Å². The van der Waals surface area contributed by atoms with Crippen LogP contribution in [-0.2, 0) is 9.47 Å². The van der Waals surface area contributed by atoms with Crippen molar-refractivity contribution >= 4 is 0 Å². The van der Waals surface area contributed by atoms with Gasteiger partial charge in [-0.3, -0.25) is 4.90 Å². The number of rotatable bonds is 9. The summed E-state index contributed by atoms with van der Waals surface area (Å²) in [5.41, 5.74) is 6.13. The molecule has 3 unspecified atom stereocenters. The molecule has 0 radical (unpaired) electrons. The first-order chi connectivity index (χ1) is 8.69. The van der Waals surface area contributed by atoms with E-state index >= 15 is 0 Å². The molecule has 1 saturated carbocycles. The molecule has 0 aromatic heterocycles. The Kier molecular flexibility index (Phi) is 7.82. The van der Waals surface area contributed by atoms with Crippen molar-refractivity contribution in [2.24, 2.45) is 11.7 Å². The van der Waals surface area contributed by atoms with Crippen LogP contribution in [0.5, 0.6) is 0 Å². The highest BCUT2D eigenvalue weighted by Crippen LogP contribution is 2.27. The van der Waals surface area contributed by atoms with E-state index < -0.39 is 0 Å². The SMILES string of the molecule is COCCN(CCC1CCCC1N)C(C)COC. The van der Waals surface area contributed by atoms with Crippen molar-refractivity contribution in [3.05, 3.63) is 0 Å². The Morgan fingerprint density at radius 2 is 2.00 bits per heavy atom.